The zero-order valence-electron chi connectivity index (χ0n) is 11.8. The van der Waals surface area contributed by atoms with Crippen molar-refractivity contribution in [1.82, 2.24) is 4.98 Å². The van der Waals surface area contributed by atoms with Crippen LogP contribution in [0.5, 0.6) is 5.75 Å². The van der Waals surface area contributed by atoms with E-state index in [1.807, 2.05) is 19.1 Å². The first-order valence-corrected chi connectivity index (χ1v) is 7.19. The van der Waals surface area contributed by atoms with E-state index >= 15 is 0 Å². The third-order valence-electron chi connectivity index (χ3n) is 2.61. The molecule has 2 aromatic rings. The predicted octanol–water partition coefficient (Wildman–Crippen LogP) is 2.40. The number of nitrogens with two attached hydrogens (primary N) is 1. The number of hydrogen-bond acceptors (Lipinski definition) is 5. The van der Waals surface area contributed by atoms with Crippen molar-refractivity contribution in [3.63, 3.8) is 0 Å². The molecule has 22 heavy (non-hydrogen) atoms. The zero-order chi connectivity index (χ0) is 15.9. The van der Waals surface area contributed by atoms with Gasteiger partial charge in [-0.15, -0.1) is 0 Å². The highest BCUT2D eigenvalue weighted by molar-refractivity contribution is 9.10. The summed E-state index contributed by atoms with van der Waals surface area (Å²) in [7, 11) is 0. The molecule has 2 rings (SSSR count). The van der Waals surface area contributed by atoms with Gasteiger partial charge in [0.15, 0.2) is 12.4 Å². The Labute approximate surface area is 136 Å². The number of nitrogens with zero attached hydrogens (tertiary/aromatic N) is 2. The fraction of sp³-hybridized carbons (Fsp3) is 0.133. The molecule has 0 aliphatic rings. The maximum absolute atomic E-state index is 11.6. The quantitative estimate of drug-likeness (QED) is 0.381. The van der Waals surface area contributed by atoms with Crippen molar-refractivity contribution < 1.29 is 14.4 Å². The van der Waals surface area contributed by atoms with Crippen LogP contribution >= 0.6 is 15.9 Å². The highest BCUT2D eigenvalue weighted by Gasteiger charge is 2.08. The molecule has 7 heteroatoms. The summed E-state index contributed by atoms with van der Waals surface area (Å²) in [5, 5.41) is 3.53. The van der Waals surface area contributed by atoms with Crippen LogP contribution in [0.2, 0.25) is 0 Å². The van der Waals surface area contributed by atoms with Crippen LogP contribution in [0, 0.1) is 6.92 Å². The minimum atomic E-state index is -0.661. The van der Waals surface area contributed by atoms with Crippen LogP contribution in [0.4, 0.5) is 0 Å². The van der Waals surface area contributed by atoms with Gasteiger partial charge in [-0.25, -0.2) is 4.79 Å². The van der Waals surface area contributed by atoms with E-state index in [-0.39, 0.29) is 12.4 Å². The van der Waals surface area contributed by atoms with Gasteiger partial charge in [-0.05, 0) is 52.7 Å². The highest BCUT2D eigenvalue weighted by Crippen LogP contribution is 2.25. The van der Waals surface area contributed by atoms with Gasteiger partial charge in [0, 0.05) is 6.20 Å². The molecule has 0 saturated heterocycles. The molecule has 1 aromatic carbocycles. The lowest BCUT2D eigenvalue weighted by atomic mass is 10.2. The lowest BCUT2D eigenvalue weighted by molar-refractivity contribution is -0.146. The Balaban J connectivity index is 1.88. The highest BCUT2D eigenvalue weighted by atomic mass is 79.9. The molecule has 0 spiro atoms. The fourth-order valence-corrected chi connectivity index (χ4v) is 2.15. The number of ether oxygens (including phenoxy) is 1. The van der Waals surface area contributed by atoms with Gasteiger partial charge in [0.25, 0.3) is 0 Å². The van der Waals surface area contributed by atoms with Crippen molar-refractivity contribution in [3.05, 3.63) is 58.3 Å². The maximum Gasteiger partial charge on any atom is 0.372 e. The van der Waals surface area contributed by atoms with Gasteiger partial charge < -0.3 is 15.3 Å². The first-order valence-electron chi connectivity index (χ1n) is 6.40. The summed E-state index contributed by atoms with van der Waals surface area (Å²) in [6.07, 6.45) is 1.57. The maximum atomic E-state index is 11.6. The van der Waals surface area contributed by atoms with Crippen molar-refractivity contribution in [1.29, 1.82) is 0 Å². The van der Waals surface area contributed by atoms with E-state index in [9.17, 15) is 4.79 Å². The van der Waals surface area contributed by atoms with Crippen molar-refractivity contribution in [2.45, 2.75) is 6.92 Å². The molecule has 2 N–H and O–H groups in total. The number of amidine groups is 1. The molecule has 1 heterocycles. The summed E-state index contributed by atoms with van der Waals surface area (Å²) in [5.74, 6) is -0.0962. The number of halogens is 1. The van der Waals surface area contributed by atoms with Gasteiger partial charge in [-0.1, -0.05) is 17.3 Å². The summed E-state index contributed by atoms with van der Waals surface area (Å²) in [6, 6.07) is 10.7. The van der Waals surface area contributed by atoms with E-state index in [1.165, 1.54) is 0 Å². The smallest absolute Gasteiger partial charge is 0.372 e. The largest absolute Gasteiger partial charge is 0.481 e. The van der Waals surface area contributed by atoms with Crippen LogP contribution in [0.3, 0.4) is 0 Å². The second kappa shape index (κ2) is 7.56. The number of aromatic nitrogens is 1. The summed E-state index contributed by atoms with van der Waals surface area (Å²) in [5.41, 5.74) is 7.16. The molecule has 1 aromatic heterocycles. The number of hydrogen-bond donors (Lipinski definition) is 1. The van der Waals surface area contributed by atoms with Crippen LogP contribution in [-0.2, 0) is 9.63 Å². The van der Waals surface area contributed by atoms with Crippen molar-refractivity contribution >= 4 is 27.7 Å². The number of carbonyl (C=O) groups excluding carboxylic acids is 1. The third kappa shape index (κ3) is 4.56. The van der Waals surface area contributed by atoms with Crippen molar-refractivity contribution in [3.8, 4) is 5.75 Å². The molecule has 0 bridgehead atoms. The van der Waals surface area contributed by atoms with E-state index in [4.69, 9.17) is 10.5 Å². The average Bonchev–Trinajstić information content (AvgIpc) is 2.52. The first-order chi connectivity index (χ1) is 10.6. The molecule has 6 nitrogen and oxygen atoms in total. The Bertz CT molecular complexity index is 690. The van der Waals surface area contributed by atoms with E-state index in [0.717, 1.165) is 10.0 Å². The van der Waals surface area contributed by atoms with Gasteiger partial charge >= 0.3 is 5.97 Å². The third-order valence-corrected chi connectivity index (χ3v) is 3.23. The van der Waals surface area contributed by atoms with E-state index in [1.54, 1.807) is 30.5 Å². The second-order valence-corrected chi connectivity index (χ2v) is 5.23. The number of benzene rings is 1. The molecule has 0 fully saturated rings. The van der Waals surface area contributed by atoms with Crippen molar-refractivity contribution in [2.75, 3.05) is 6.61 Å². The molecule has 0 aliphatic heterocycles. The Hall–Kier alpha value is -2.41. The van der Waals surface area contributed by atoms with E-state index < -0.39 is 5.97 Å². The van der Waals surface area contributed by atoms with Crippen LogP contribution in [0.1, 0.15) is 11.3 Å². The minimum Gasteiger partial charge on any atom is -0.481 e. The molecular formula is C15H14BrN3O3. The predicted molar refractivity (Wildman–Crippen MR) is 85.4 cm³/mol. The zero-order valence-corrected chi connectivity index (χ0v) is 13.4. The number of pyridine rings is 1. The Morgan fingerprint density at radius 1 is 1.36 bits per heavy atom. The van der Waals surface area contributed by atoms with Crippen LogP contribution < -0.4 is 10.5 Å². The standard InChI is InChI=1S/C15H14BrN3O3/c1-10-5-6-13(11(16)8-10)21-9-14(20)22-19-15(17)12-4-2-3-7-18-12/h2-8H,9H2,1H3,(H2,17,19). The van der Waals surface area contributed by atoms with Crippen molar-refractivity contribution in [2.24, 2.45) is 10.9 Å². The van der Waals surface area contributed by atoms with Gasteiger partial charge in [-0.2, -0.15) is 0 Å². The number of oxime groups is 1. The molecule has 0 amide bonds. The normalized spacial score (nSPS) is 11.1. The Kier molecular flexibility index (Phi) is 5.48. The Morgan fingerprint density at radius 3 is 2.86 bits per heavy atom. The molecule has 0 atom stereocenters. The number of rotatable bonds is 5. The molecule has 114 valence electrons. The summed E-state index contributed by atoms with van der Waals surface area (Å²) in [6.45, 7) is 1.68. The summed E-state index contributed by atoms with van der Waals surface area (Å²) >= 11 is 3.36. The lowest BCUT2D eigenvalue weighted by Crippen LogP contribution is -2.18. The number of carbonyl (C=O) groups is 1. The SMILES string of the molecule is Cc1ccc(OCC(=O)O/N=C(/N)c2ccccn2)c(Br)c1. The number of aryl methyl sites for hydroxylation is 1. The Morgan fingerprint density at radius 2 is 2.18 bits per heavy atom. The monoisotopic (exact) mass is 363 g/mol. The van der Waals surface area contributed by atoms with Crippen LogP contribution in [-0.4, -0.2) is 23.4 Å². The van der Waals surface area contributed by atoms with Gasteiger partial charge in [-0.3, -0.25) is 4.98 Å². The second-order valence-electron chi connectivity index (χ2n) is 4.38. The molecule has 0 aliphatic carbocycles. The van der Waals surface area contributed by atoms with Gasteiger partial charge in [0.05, 0.1) is 4.47 Å². The molecule has 0 unspecified atom stereocenters. The van der Waals surface area contributed by atoms with Gasteiger partial charge in [0.2, 0.25) is 0 Å². The van der Waals surface area contributed by atoms with Crippen LogP contribution in [0.25, 0.3) is 0 Å². The van der Waals surface area contributed by atoms with E-state index in [2.05, 4.69) is 30.9 Å². The molecule has 0 radical (unpaired) electrons. The topological polar surface area (TPSA) is 86.8 Å². The summed E-state index contributed by atoms with van der Waals surface area (Å²) < 4.78 is 6.11. The molecule has 0 saturated carbocycles. The fourth-order valence-electron chi connectivity index (χ4n) is 1.55. The first kappa shape index (κ1) is 16.0. The summed E-state index contributed by atoms with van der Waals surface area (Å²) in [4.78, 5) is 20.3. The minimum absolute atomic E-state index is 0.0190. The lowest BCUT2D eigenvalue weighted by Gasteiger charge is -2.07. The van der Waals surface area contributed by atoms with Gasteiger partial charge in [0.1, 0.15) is 11.4 Å². The molecular weight excluding hydrogens is 350 g/mol. The average molecular weight is 364 g/mol. The van der Waals surface area contributed by atoms with Crippen LogP contribution in [0.15, 0.2) is 52.2 Å². The van der Waals surface area contributed by atoms with E-state index in [0.29, 0.717) is 11.4 Å².